The van der Waals surface area contributed by atoms with Gasteiger partial charge in [0.15, 0.2) is 18.4 Å². The lowest BCUT2D eigenvalue weighted by atomic mass is 9.65. The van der Waals surface area contributed by atoms with Crippen molar-refractivity contribution < 1.29 is 19.3 Å². The zero-order valence-corrected chi connectivity index (χ0v) is 15.7. The zero-order valence-electron chi connectivity index (χ0n) is 15.7. The van der Waals surface area contributed by atoms with Crippen molar-refractivity contribution in [3.05, 3.63) is 0 Å². The van der Waals surface area contributed by atoms with Crippen LogP contribution in [0.5, 0.6) is 0 Å². The van der Waals surface area contributed by atoms with E-state index in [9.17, 15) is 5.11 Å². The number of aliphatic hydroxyl groups is 1. The van der Waals surface area contributed by atoms with E-state index >= 15 is 0 Å². The van der Waals surface area contributed by atoms with Gasteiger partial charge in [-0.3, -0.25) is 0 Å². The summed E-state index contributed by atoms with van der Waals surface area (Å²) >= 11 is 0. The Bertz CT molecular complexity index is 414. The van der Waals surface area contributed by atoms with Gasteiger partial charge < -0.3 is 24.2 Å². The number of ether oxygens (including phenoxy) is 3. The van der Waals surface area contributed by atoms with Crippen molar-refractivity contribution in [1.29, 1.82) is 0 Å². The molecule has 0 spiro atoms. The third kappa shape index (κ3) is 4.13. The molecule has 0 aromatic heterocycles. The largest absolute Gasteiger partial charge is 0.366 e. The minimum absolute atomic E-state index is 0.217. The highest BCUT2D eigenvalue weighted by Crippen LogP contribution is 2.51. The third-order valence-corrected chi connectivity index (χ3v) is 6.22. The van der Waals surface area contributed by atoms with Crippen LogP contribution in [0.25, 0.3) is 0 Å². The van der Waals surface area contributed by atoms with Gasteiger partial charge in [-0.1, -0.05) is 13.3 Å². The zero-order chi connectivity index (χ0) is 17.3. The van der Waals surface area contributed by atoms with Gasteiger partial charge in [-0.15, -0.1) is 0 Å². The van der Waals surface area contributed by atoms with Crippen molar-refractivity contribution in [2.75, 3.05) is 27.2 Å². The Morgan fingerprint density at radius 1 is 1.25 bits per heavy atom. The molecule has 0 bridgehead atoms. The van der Waals surface area contributed by atoms with E-state index in [1.165, 1.54) is 19.3 Å². The van der Waals surface area contributed by atoms with E-state index in [1.54, 1.807) is 6.92 Å². The first-order valence-electron chi connectivity index (χ1n) is 9.69. The van der Waals surface area contributed by atoms with E-state index in [4.69, 9.17) is 14.2 Å². The second kappa shape index (κ2) is 7.58. The number of rotatable bonds is 5. The van der Waals surface area contributed by atoms with E-state index in [0.717, 1.165) is 19.4 Å². The summed E-state index contributed by atoms with van der Waals surface area (Å²) in [6.45, 7) is 5.76. The van der Waals surface area contributed by atoms with Crippen LogP contribution in [-0.4, -0.2) is 55.6 Å². The molecular weight excluding hydrogens is 306 g/mol. The molecule has 0 amide bonds. The molecule has 1 saturated carbocycles. The van der Waals surface area contributed by atoms with Gasteiger partial charge in [0.25, 0.3) is 0 Å². The first-order chi connectivity index (χ1) is 11.4. The Kier molecular flexibility index (Phi) is 5.87. The Morgan fingerprint density at radius 2 is 2.04 bits per heavy atom. The Morgan fingerprint density at radius 3 is 2.79 bits per heavy atom. The van der Waals surface area contributed by atoms with Crippen molar-refractivity contribution in [3.8, 4) is 0 Å². The monoisotopic (exact) mass is 341 g/mol. The van der Waals surface area contributed by atoms with Crippen LogP contribution in [0.2, 0.25) is 0 Å². The fourth-order valence-corrected chi connectivity index (χ4v) is 4.91. The fourth-order valence-electron chi connectivity index (χ4n) is 4.91. The number of hydrogen-bond donors (Lipinski definition) is 1. The lowest BCUT2D eigenvalue weighted by Gasteiger charge is -2.50. The Hall–Kier alpha value is -0.200. The molecule has 0 radical (unpaired) electrons. The molecule has 0 aromatic rings. The lowest BCUT2D eigenvalue weighted by Crippen LogP contribution is -2.53. The minimum atomic E-state index is -1.08. The molecule has 7 atom stereocenters. The molecule has 3 rings (SSSR count). The van der Waals surface area contributed by atoms with Gasteiger partial charge in [0.1, 0.15) is 0 Å². The second-order valence-corrected chi connectivity index (χ2v) is 8.52. The van der Waals surface area contributed by atoms with Crippen LogP contribution in [0.1, 0.15) is 52.4 Å². The van der Waals surface area contributed by atoms with Crippen molar-refractivity contribution in [3.63, 3.8) is 0 Å². The molecule has 5 heteroatoms. The lowest BCUT2D eigenvalue weighted by molar-refractivity contribution is -0.368. The van der Waals surface area contributed by atoms with Crippen LogP contribution in [0, 0.1) is 23.7 Å². The van der Waals surface area contributed by atoms with Gasteiger partial charge in [-0.2, -0.15) is 0 Å². The van der Waals surface area contributed by atoms with Crippen LogP contribution in [0.4, 0.5) is 0 Å². The SMILES string of the molecule is CC1C(OCCCN(C)C)OC2OC(C)(O)CCC3CCCC1C32. The van der Waals surface area contributed by atoms with Crippen LogP contribution >= 0.6 is 0 Å². The maximum absolute atomic E-state index is 10.5. The van der Waals surface area contributed by atoms with Crippen LogP contribution < -0.4 is 0 Å². The topological polar surface area (TPSA) is 51.2 Å². The van der Waals surface area contributed by atoms with Crippen molar-refractivity contribution in [2.45, 2.75) is 70.7 Å². The van der Waals surface area contributed by atoms with E-state index in [1.807, 2.05) is 0 Å². The minimum Gasteiger partial charge on any atom is -0.366 e. The predicted molar refractivity (Wildman–Crippen MR) is 92.2 cm³/mol. The molecule has 1 aliphatic carbocycles. The molecule has 3 fully saturated rings. The summed E-state index contributed by atoms with van der Waals surface area (Å²) in [7, 11) is 4.15. The van der Waals surface area contributed by atoms with Crippen LogP contribution in [-0.2, 0) is 14.2 Å². The first-order valence-corrected chi connectivity index (χ1v) is 9.69. The predicted octanol–water partition coefficient (Wildman–Crippen LogP) is 2.82. The molecule has 24 heavy (non-hydrogen) atoms. The van der Waals surface area contributed by atoms with Gasteiger partial charge in [-0.05, 0) is 65.1 Å². The summed E-state index contributed by atoms with van der Waals surface area (Å²) in [5.74, 6) is 0.905. The van der Waals surface area contributed by atoms with Crippen molar-refractivity contribution >= 4 is 0 Å². The van der Waals surface area contributed by atoms with Gasteiger partial charge in [0.2, 0.25) is 0 Å². The Balaban J connectivity index is 1.67. The van der Waals surface area contributed by atoms with Gasteiger partial charge in [0, 0.05) is 18.3 Å². The summed E-state index contributed by atoms with van der Waals surface area (Å²) < 4.78 is 18.3. The summed E-state index contributed by atoms with van der Waals surface area (Å²) in [5, 5.41) is 10.5. The fraction of sp³-hybridized carbons (Fsp3) is 1.00. The molecule has 7 unspecified atom stereocenters. The summed E-state index contributed by atoms with van der Waals surface area (Å²) in [6, 6.07) is 0. The highest BCUT2D eigenvalue weighted by atomic mass is 16.8. The van der Waals surface area contributed by atoms with E-state index in [2.05, 4.69) is 25.9 Å². The molecule has 1 N–H and O–H groups in total. The Labute approximate surface area is 146 Å². The van der Waals surface area contributed by atoms with Gasteiger partial charge in [0.05, 0.1) is 6.61 Å². The van der Waals surface area contributed by atoms with Crippen molar-refractivity contribution in [2.24, 2.45) is 23.7 Å². The maximum atomic E-state index is 10.5. The summed E-state index contributed by atoms with van der Waals surface area (Å²) in [4.78, 5) is 2.17. The van der Waals surface area contributed by atoms with Crippen LogP contribution in [0.3, 0.4) is 0 Å². The standard InChI is InChI=1S/C19H35NO4/c1-13-15-8-5-7-14-9-10-19(2,21)24-18(16(14)15)23-17(13)22-12-6-11-20(3)4/h13-18,21H,5-12H2,1-4H3. The van der Waals surface area contributed by atoms with Crippen LogP contribution in [0.15, 0.2) is 0 Å². The van der Waals surface area contributed by atoms with E-state index in [0.29, 0.717) is 36.7 Å². The molecule has 5 nitrogen and oxygen atoms in total. The highest BCUT2D eigenvalue weighted by Gasteiger charge is 2.52. The van der Waals surface area contributed by atoms with E-state index in [-0.39, 0.29) is 12.6 Å². The molecule has 2 heterocycles. The molecule has 3 aliphatic rings. The third-order valence-electron chi connectivity index (χ3n) is 6.22. The quantitative estimate of drug-likeness (QED) is 0.779. The first kappa shape index (κ1) is 18.6. The number of nitrogens with zero attached hydrogens (tertiary/aromatic N) is 1. The van der Waals surface area contributed by atoms with Crippen molar-refractivity contribution in [1.82, 2.24) is 4.90 Å². The summed E-state index contributed by atoms with van der Waals surface area (Å²) in [5.41, 5.74) is 0. The van der Waals surface area contributed by atoms with Gasteiger partial charge >= 0.3 is 0 Å². The second-order valence-electron chi connectivity index (χ2n) is 8.52. The molecule has 140 valence electrons. The number of hydrogen-bond acceptors (Lipinski definition) is 5. The molecule has 0 aromatic carbocycles. The smallest absolute Gasteiger partial charge is 0.167 e. The highest BCUT2D eigenvalue weighted by molar-refractivity contribution is 4.93. The molecule has 2 saturated heterocycles. The van der Waals surface area contributed by atoms with E-state index < -0.39 is 5.79 Å². The molecule has 2 aliphatic heterocycles. The normalized spacial score (nSPS) is 45.8. The molecular formula is C19H35NO4. The summed E-state index contributed by atoms with van der Waals surface area (Å²) in [6.07, 6.45) is 5.93. The average molecular weight is 341 g/mol. The maximum Gasteiger partial charge on any atom is 0.167 e. The average Bonchev–Trinajstić information content (AvgIpc) is 2.65. The van der Waals surface area contributed by atoms with Gasteiger partial charge in [-0.25, -0.2) is 0 Å².